The third kappa shape index (κ3) is 4.12. The fraction of sp³-hybridized carbons (Fsp3) is 0.174. The van der Waals surface area contributed by atoms with E-state index in [-0.39, 0.29) is 6.04 Å². The molecule has 4 nitrogen and oxygen atoms in total. The average Bonchev–Trinajstić information content (AvgIpc) is 3.13. The second-order valence-corrected chi connectivity index (χ2v) is 7.38. The van der Waals surface area contributed by atoms with Crippen LogP contribution in [0.3, 0.4) is 0 Å². The van der Waals surface area contributed by atoms with E-state index in [1.165, 1.54) is 5.56 Å². The summed E-state index contributed by atoms with van der Waals surface area (Å²) in [7, 11) is 1.93. The van der Waals surface area contributed by atoms with Crippen LogP contribution in [0.15, 0.2) is 85.0 Å². The first-order chi connectivity index (χ1) is 13.6. The van der Waals surface area contributed by atoms with Crippen LogP contribution in [-0.2, 0) is 13.6 Å². The van der Waals surface area contributed by atoms with E-state index in [1.54, 1.807) is 0 Å². The Morgan fingerprint density at radius 3 is 2.61 bits per heavy atom. The van der Waals surface area contributed by atoms with Gasteiger partial charge in [-0.1, -0.05) is 41.9 Å². The number of hydrogen-bond donors (Lipinski definition) is 0. The maximum absolute atomic E-state index is 6.16. The van der Waals surface area contributed by atoms with E-state index in [0.717, 1.165) is 34.2 Å². The predicted molar refractivity (Wildman–Crippen MR) is 112 cm³/mol. The quantitative estimate of drug-likeness (QED) is 0.582. The maximum Gasteiger partial charge on any atom is 0.130 e. The summed E-state index contributed by atoms with van der Waals surface area (Å²) in [6.07, 6.45) is 10.2. The van der Waals surface area contributed by atoms with Crippen LogP contribution in [0.25, 0.3) is 0 Å². The molecule has 0 amide bonds. The van der Waals surface area contributed by atoms with E-state index in [9.17, 15) is 0 Å². The van der Waals surface area contributed by atoms with Crippen molar-refractivity contribution in [3.63, 3.8) is 0 Å². The Morgan fingerprint density at radius 2 is 1.89 bits per heavy atom. The summed E-state index contributed by atoms with van der Waals surface area (Å²) in [5, 5.41) is 5.09. The number of para-hydroxylation sites is 1. The number of halogens is 1. The first-order valence-electron chi connectivity index (χ1n) is 9.21. The Bertz CT molecular complexity index is 1020. The van der Waals surface area contributed by atoms with Gasteiger partial charge in [0, 0.05) is 36.6 Å². The summed E-state index contributed by atoms with van der Waals surface area (Å²) in [5.41, 5.74) is 3.42. The van der Waals surface area contributed by atoms with E-state index in [0.29, 0.717) is 0 Å². The molecule has 0 bridgehead atoms. The minimum atomic E-state index is 0.0356. The lowest BCUT2D eigenvalue weighted by Gasteiger charge is -2.31. The highest BCUT2D eigenvalue weighted by molar-refractivity contribution is 6.30. The average molecular weight is 392 g/mol. The Morgan fingerprint density at radius 1 is 1.11 bits per heavy atom. The molecule has 0 aliphatic carbocycles. The van der Waals surface area contributed by atoms with E-state index in [1.807, 2.05) is 73.5 Å². The minimum absolute atomic E-state index is 0.0356. The maximum atomic E-state index is 6.16. The van der Waals surface area contributed by atoms with Crippen LogP contribution < -0.4 is 4.74 Å². The Hall–Kier alpha value is -2.98. The van der Waals surface area contributed by atoms with Crippen LogP contribution in [0.1, 0.15) is 22.7 Å². The van der Waals surface area contributed by atoms with Crippen molar-refractivity contribution in [2.75, 3.05) is 0 Å². The van der Waals surface area contributed by atoms with E-state index in [2.05, 4.69) is 34.4 Å². The standard InChI is InChI=1S/C23H22ClN3O/c1-17-5-3-4-6-23(17)28-21-11-12-27(15-18-7-9-20(24)10-8-18)22(13-21)19-14-25-26(2)16-19/h3-14,16,22H,15H2,1-2H3. The first kappa shape index (κ1) is 18.4. The molecule has 2 heterocycles. The van der Waals surface area contributed by atoms with Crippen molar-refractivity contribution in [3.8, 4) is 5.75 Å². The second kappa shape index (κ2) is 7.95. The Balaban J connectivity index is 1.61. The Kier molecular flexibility index (Phi) is 5.22. The largest absolute Gasteiger partial charge is 0.457 e. The van der Waals surface area contributed by atoms with Crippen molar-refractivity contribution < 1.29 is 4.74 Å². The minimum Gasteiger partial charge on any atom is -0.457 e. The molecule has 0 spiro atoms. The topological polar surface area (TPSA) is 30.3 Å². The molecule has 4 rings (SSSR count). The summed E-state index contributed by atoms with van der Waals surface area (Å²) >= 11 is 6.03. The zero-order valence-electron chi connectivity index (χ0n) is 15.9. The molecule has 0 saturated heterocycles. The molecule has 0 fully saturated rings. The van der Waals surface area contributed by atoms with Gasteiger partial charge in [0.2, 0.25) is 0 Å². The van der Waals surface area contributed by atoms with Crippen molar-refractivity contribution >= 4 is 11.6 Å². The summed E-state index contributed by atoms with van der Waals surface area (Å²) in [5.74, 6) is 1.70. The van der Waals surface area contributed by atoms with Crippen LogP contribution >= 0.6 is 11.6 Å². The molecule has 2 aromatic carbocycles. The molecule has 0 saturated carbocycles. The van der Waals surface area contributed by atoms with Gasteiger partial charge >= 0.3 is 0 Å². The zero-order chi connectivity index (χ0) is 19.5. The van der Waals surface area contributed by atoms with Gasteiger partial charge in [-0.3, -0.25) is 4.68 Å². The zero-order valence-corrected chi connectivity index (χ0v) is 16.7. The lowest BCUT2D eigenvalue weighted by molar-refractivity contribution is 0.297. The van der Waals surface area contributed by atoms with Crippen LogP contribution in [0.4, 0.5) is 0 Å². The van der Waals surface area contributed by atoms with E-state index < -0.39 is 0 Å². The van der Waals surface area contributed by atoms with Gasteiger partial charge in [-0.25, -0.2) is 0 Å². The number of benzene rings is 2. The molecule has 3 aromatic rings. The van der Waals surface area contributed by atoms with Gasteiger partial charge < -0.3 is 9.64 Å². The van der Waals surface area contributed by atoms with E-state index in [4.69, 9.17) is 16.3 Å². The lowest BCUT2D eigenvalue weighted by atomic mass is 10.0. The van der Waals surface area contributed by atoms with Gasteiger partial charge in [-0.15, -0.1) is 0 Å². The number of ether oxygens (including phenoxy) is 1. The highest BCUT2D eigenvalue weighted by Gasteiger charge is 2.22. The van der Waals surface area contributed by atoms with Gasteiger partial charge in [-0.2, -0.15) is 5.10 Å². The first-order valence-corrected chi connectivity index (χ1v) is 9.58. The molecule has 5 heteroatoms. The SMILES string of the molecule is Cc1ccccc1OC1=CC(c2cnn(C)c2)N(Cc2ccc(Cl)cc2)C=C1. The molecule has 1 atom stereocenters. The van der Waals surface area contributed by atoms with Crippen molar-refractivity contribution in [1.82, 2.24) is 14.7 Å². The number of aromatic nitrogens is 2. The summed E-state index contributed by atoms with van der Waals surface area (Å²) in [6, 6.07) is 16.0. The predicted octanol–water partition coefficient (Wildman–Crippen LogP) is 5.42. The van der Waals surface area contributed by atoms with Crippen LogP contribution in [0, 0.1) is 6.92 Å². The molecule has 1 aliphatic heterocycles. The molecule has 142 valence electrons. The third-order valence-corrected chi connectivity index (χ3v) is 5.03. The molecule has 1 unspecified atom stereocenters. The molecule has 28 heavy (non-hydrogen) atoms. The number of nitrogens with zero attached hydrogens (tertiary/aromatic N) is 3. The monoisotopic (exact) mass is 391 g/mol. The lowest BCUT2D eigenvalue weighted by Crippen LogP contribution is -2.25. The fourth-order valence-corrected chi connectivity index (χ4v) is 3.39. The number of aryl methyl sites for hydroxylation is 2. The molecule has 1 aliphatic rings. The van der Waals surface area contributed by atoms with E-state index >= 15 is 0 Å². The third-order valence-electron chi connectivity index (χ3n) is 4.78. The van der Waals surface area contributed by atoms with Gasteiger partial charge in [-0.05, 0) is 48.4 Å². The van der Waals surface area contributed by atoms with Crippen molar-refractivity contribution in [2.24, 2.45) is 7.05 Å². The van der Waals surface area contributed by atoms with Gasteiger partial charge in [0.05, 0.1) is 12.2 Å². The van der Waals surface area contributed by atoms with Crippen LogP contribution in [0.2, 0.25) is 5.02 Å². The summed E-state index contributed by atoms with van der Waals surface area (Å²) in [4.78, 5) is 2.27. The molecular weight excluding hydrogens is 370 g/mol. The van der Waals surface area contributed by atoms with Crippen LogP contribution in [0.5, 0.6) is 5.75 Å². The fourth-order valence-electron chi connectivity index (χ4n) is 3.27. The molecular formula is C23H22ClN3O. The van der Waals surface area contributed by atoms with Crippen molar-refractivity contribution in [3.05, 3.63) is 107 Å². The smallest absolute Gasteiger partial charge is 0.130 e. The number of rotatable bonds is 5. The number of allylic oxidation sites excluding steroid dienone is 1. The highest BCUT2D eigenvalue weighted by atomic mass is 35.5. The Labute approximate surface area is 170 Å². The van der Waals surface area contributed by atoms with Crippen LogP contribution in [-0.4, -0.2) is 14.7 Å². The van der Waals surface area contributed by atoms with Gasteiger partial charge in [0.25, 0.3) is 0 Å². The summed E-state index contributed by atoms with van der Waals surface area (Å²) < 4.78 is 7.99. The normalized spacial score (nSPS) is 16.2. The summed E-state index contributed by atoms with van der Waals surface area (Å²) in [6.45, 7) is 2.81. The highest BCUT2D eigenvalue weighted by Crippen LogP contribution is 2.31. The van der Waals surface area contributed by atoms with Gasteiger partial charge in [0.1, 0.15) is 11.5 Å². The molecule has 0 N–H and O–H groups in total. The number of hydrogen-bond acceptors (Lipinski definition) is 3. The van der Waals surface area contributed by atoms with Gasteiger partial charge in [0.15, 0.2) is 0 Å². The second-order valence-electron chi connectivity index (χ2n) is 6.94. The van der Waals surface area contributed by atoms with Crippen molar-refractivity contribution in [1.29, 1.82) is 0 Å². The molecule has 1 aromatic heterocycles. The molecule has 0 radical (unpaired) electrons. The van der Waals surface area contributed by atoms with Crippen molar-refractivity contribution in [2.45, 2.75) is 19.5 Å².